The highest BCUT2D eigenvalue weighted by Gasteiger charge is 2.01. The largest absolute Gasteiger partial charge is 0.121 e. The van der Waals surface area contributed by atoms with Crippen LogP contribution in [0.4, 0.5) is 0 Å². The molecule has 0 fully saturated rings. The fourth-order valence-electron chi connectivity index (χ4n) is 1.49. The lowest BCUT2D eigenvalue weighted by atomic mass is 10.2. The van der Waals surface area contributed by atoms with E-state index in [0.717, 1.165) is 10.8 Å². The molecule has 0 radical (unpaired) electrons. The molecule has 2 rings (SSSR count). The van der Waals surface area contributed by atoms with E-state index in [1.54, 1.807) is 0 Å². The van der Waals surface area contributed by atoms with Crippen LogP contribution in [0.1, 0.15) is 11.1 Å². The molecule has 0 saturated heterocycles. The van der Waals surface area contributed by atoms with Gasteiger partial charge in [0, 0.05) is 15.7 Å². The van der Waals surface area contributed by atoms with Gasteiger partial charge in [0.05, 0.1) is 0 Å². The first-order chi connectivity index (χ1) is 7.77. The van der Waals surface area contributed by atoms with Crippen molar-refractivity contribution in [2.75, 3.05) is 0 Å². The minimum Gasteiger partial charge on any atom is -0.121 e. The van der Waals surface area contributed by atoms with Gasteiger partial charge >= 0.3 is 0 Å². The number of halogens is 1. The molecule has 0 aliphatic rings. The van der Waals surface area contributed by atoms with Crippen LogP contribution in [0.25, 0.3) is 0 Å². The van der Waals surface area contributed by atoms with Crippen LogP contribution in [0.15, 0.2) is 53.4 Å². The van der Waals surface area contributed by atoms with Gasteiger partial charge in [0.2, 0.25) is 0 Å². The molecule has 0 unspecified atom stereocenters. The minimum absolute atomic E-state index is 0.851. The summed E-state index contributed by atoms with van der Waals surface area (Å²) < 4.78 is 0. The molecule has 2 aromatic rings. The zero-order chi connectivity index (χ0) is 11.4. The van der Waals surface area contributed by atoms with Gasteiger partial charge in [-0.2, -0.15) is 0 Å². The summed E-state index contributed by atoms with van der Waals surface area (Å²) in [4.78, 5) is 1.32. The van der Waals surface area contributed by atoms with E-state index in [0.29, 0.717) is 0 Å². The summed E-state index contributed by atoms with van der Waals surface area (Å²) in [7, 11) is 0. The maximum absolute atomic E-state index is 6.12. The highest BCUT2D eigenvalue weighted by molar-refractivity contribution is 7.98. The van der Waals surface area contributed by atoms with Gasteiger partial charge in [-0.1, -0.05) is 48.0 Å². The molecule has 0 N–H and O–H groups in total. The van der Waals surface area contributed by atoms with Crippen molar-refractivity contribution in [3.63, 3.8) is 0 Å². The molecule has 0 amide bonds. The van der Waals surface area contributed by atoms with Crippen LogP contribution in [0, 0.1) is 6.92 Å². The topological polar surface area (TPSA) is 0 Å². The van der Waals surface area contributed by atoms with Gasteiger partial charge in [0.25, 0.3) is 0 Å². The molecule has 0 aliphatic heterocycles. The first kappa shape index (κ1) is 11.6. The van der Waals surface area contributed by atoms with Crippen molar-refractivity contribution in [1.29, 1.82) is 0 Å². The Kier molecular flexibility index (Phi) is 3.92. The highest BCUT2D eigenvalue weighted by atomic mass is 35.5. The summed E-state index contributed by atoms with van der Waals surface area (Å²) >= 11 is 7.95. The molecule has 0 atom stereocenters. The van der Waals surface area contributed by atoms with Crippen molar-refractivity contribution in [2.45, 2.75) is 17.6 Å². The normalized spacial score (nSPS) is 10.4. The smallest absolute Gasteiger partial charge is 0.0446 e. The summed E-state index contributed by atoms with van der Waals surface area (Å²) in [6.45, 7) is 2.13. The van der Waals surface area contributed by atoms with Crippen molar-refractivity contribution in [2.24, 2.45) is 0 Å². The predicted molar refractivity (Wildman–Crippen MR) is 72.2 cm³/mol. The fraction of sp³-hybridized carbons (Fsp3) is 0.143. The zero-order valence-electron chi connectivity index (χ0n) is 9.11. The van der Waals surface area contributed by atoms with Crippen LogP contribution in [0.5, 0.6) is 0 Å². The first-order valence-electron chi connectivity index (χ1n) is 5.19. The lowest BCUT2D eigenvalue weighted by Crippen LogP contribution is -1.83. The Balaban J connectivity index is 2.09. The number of aryl methyl sites for hydroxylation is 1. The van der Waals surface area contributed by atoms with Crippen molar-refractivity contribution in [3.8, 4) is 0 Å². The van der Waals surface area contributed by atoms with Gasteiger partial charge in [-0.05, 0) is 30.2 Å². The Morgan fingerprint density at radius 2 is 1.69 bits per heavy atom. The predicted octanol–water partition coefficient (Wildman–Crippen LogP) is 4.94. The Morgan fingerprint density at radius 3 is 2.44 bits per heavy atom. The van der Waals surface area contributed by atoms with E-state index in [-0.39, 0.29) is 0 Å². The van der Waals surface area contributed by atoms with Gasteiger partial charge in [-0.25, -0.2) is 0 Å². The van der Waals surface area contributed by atoms with Crippen LogP contribution in [-0.2, 0) is 5.75 Å². The molecule has 0 spiro atoms. The zero-order valence-corrected chi connectivity index (χ0v) is 10.7. The third-order valence-electron chi connectivity index (χ3n) is 2.43. The number of rotatable bonds is 3. The van der Waals surface area contributed by atoms with Gasteiger partial charge in [-0.15, -0.1) is 11.8 Å². The second kappa shape index (κ2) is 5.42. The van der Waals surface area contributed by atoms with E-state index in [9.17, 15) is 0 Å². The quantitative estimate of drug-likeness (QED) is 0.694. The van der Waals surface area contributed by atoms with E-state index < -0.39 is 0 Å². The van der Waals surface area contributed by atoms with Crippen LogP contribution in [0.3, 0.4) is 0 Å². The molecule has 2 heteroatoms. The van der Waals surface area contributed by atoms with E-state index in [1.165, 1.54) is 16.0 Å². The summed E-state index contributed by atoms with van der Waals surface area (Å²) in [5.41, 5.74) is 2.51. The van der Waals surface area contributed by atoms with Crippen molar-refractivity contribution < 1.29 is 0 Å². The second-order valence-electron chi connectivity index (χ2n) is 3.65. The third kappa shape index (κ3) is 2.81. The molecular formula is C14H13ClS. The maximum Gasteiger partial charge on any atom is 0.0446 e. The molecule has 0 nitrogen and oxygen atoms in total. The van der Waals surface area contributed by atoms with Crippen molar-refractivity contribution in [3.05, 3.63) is 64.7 Å². The average Bonchev–Trinajstić information content (AvgIpc) is 2.30. The summed E-state index contributed by atoms with van der Waals surface area (Å²) in [6.07, 6.45) is 0. The average molecular weight is 249 g/mol. The SMILES string of the molecule is Cc1ccccc1SCc1ccccc1Cl. The van der Waals surface area contributed by atoms with E-state index in [4.69, 9.17) is 11.6 Å². The second-order valence-corrected chi connectivity index (χ2v) is 5.07. The molecule has 82 valence electrons. The molecule has 2 aromatic carbocycles. The Bertz CT molecular complexity index is 434. The summed E-state index contributed by atoms with van der Waals surface area (Å²) in [5, 5.41) is 0.851. The maximum atomic E-state index is 6.12. The molecule has 0 heterocycles. The molecule has 0 aromatic heterocycles. The number of hydrogen-bond donors (Lipinski definition) is 0. The molecule has 0 bridgehead atoms. The first-order valence-corrected chi connectivity index (χ1v) is 6.55. The lowest BCUT2D eigenvalue weighted by Gasteiger charge is -2.06. The molecule has 0 saturated carbocycles. The molecule has 0 aliphatic carbocycles. The Labute approximate surface area is 106 Å². The van der Waals surface area contributed by atoms with Gasteiger partial charge in [0.15, 0.2) is 0 Å². The summed E-state index contributed by atoms with van der Waals surface area (Å²) in [6, 6.07) is 16.4. The standard InChI is InChI=1S/C14H13ClS/c1-11-6-2-5-9-14(11)16-10-12-7-3-4-8-13(12)15/h2-9H,10H2,1H3. The van der Waals surface area contributed by atoms with Crippen LogP contribution < -0.4 is 0 Å². The molecular weight excluding hydrogens is 236 g/mol. The third-order valence-corrected chi connectivity index (χ3v) is 4.03. The Morgan fingerprint density at radius 1 is 1.00 bits per heavy atom. The van der Waals surface area contributed by atoms with Gasteiger partial charge in [0.1, 0.15) is 0 Å². The number of hydrogen-bond acceptors (Lipinski definition) is 1. The van der Waals surface area contributed by atoms with Crippen molar-refractivity contribution >= 4 is 23.4 Å². The monoisotopic (exact) mass is 248 g/mol. The van der Waals surface area contributed by atoms with Gasteiger partial charge in [-0.3, -0.25) is 0 Å². The van der Waals surface area contributed by atoms with Crippen LogP contribution >= 0.6 is 23.4 Å². The Hall–Kier alpha value is -0.920. The van der Waals surface area contributed by atoms with E-state index in [2.05, 4.69) is 37.3 Å². The molecule has 16 heavy (non-hydrogen) atoms. The van der Waals surface area contributed by atoms with E-state index >= 15 is 0 Å². The lowest BCUT2D eigenvalue weighted by molar-refractivity contribution is 1.29. The highest BCUT2D eigenvalue weighted by Crippen LogP contribution is 2.28. The van der Waals surface area contributed by atoms with E-state index in [1.807, 2.05) is 30.0 Å². The summed E-state index contributed by atoms with van der Waals surface area (Å²) in [5.74, 6) is 0.921. The fourth-order valence-corrected chi connectivity index (χ4v) is 2.80. The van der Waals surface area contributed by atoms with Gasteiger partial charge < -0.3 is 0 Å². The van der Waals surface area contributed by atoms with Crippen molar-refractivity contribution in [1.82, 2.24) is 0 Å². The number of thioether (sulfide) groups is 1. The minimum atomic E-state index is 0.851. The number of benzene rings is 2. The van der Waals surface area contributed by atoms with Crippen LogP contribution in [-0.4, -0.2) is 0 Å². The van der Waals surface area contributed by atoms with Crippen LogP contribution in [0.2, 0.25) is 5.02 Å².